The summed E-state index contributed by atoms with van der Waals surface area (Å²) in [4.78, 5) is 0. The molecule has 0 fully saturated rings. The normalized spacial score (nSPS) is 11.3. The Morgan fingerprint density at radius 1 is 1.44 bits per heavy atom. The van der Waals surface area contributed by atoms with Crippen molar-refractivity contribution in [3.63, 3.8) is 0 Å². The van der Waals surface area contributed by atoms with E-state index in [0.717, 1.165) is 12.1 Å². The highest BCUT2D eigenvalue weighted by atomic mass is 32.2. The van der Waals surface area contributed by atoms with Gasteiger partial charge in [0, 0.05) is 0 Å². The van der Waals surface area contributed by atoms with Crippen molar-refractivity contribution in [2.45, 2.75) is 20.3 Å². The molecule has 0 aliphatic rings. The molecule has 1 N–H and O–H groups in total. The summed E-state index contributed by atoms with van der Waals surface area (Å²) in [7, 11) is -3.50. The third-order valence-electron chi connectivity index (χ3n) is 2.33. The molecule has 1 rings (SSSR count). The predicted molar refractivity (Wildman–Crippen MR) is 68.0 cm³/mol. The number of anilines is 1. The lowest BCUT2D eigenvalue weighted by molar-refractivity contribution is 0.578. The molecule has 0 heterocycles. The molecule has 0 amide bonds. The van der Waals surface area contributed by atoms with E-state index in [-0.39, 0.29) is 22.9 Å². The number of nitriles is 1. The lowest BCUT2D eigenvalue weighted by atomic mass is 10.2. The van der Waals surface area contributed by atoms with Gasteiger partial charge in [0.1, 0.15) is 11.9 Å². The van der Waals surface area contributed by atoms with Crippen LogP contribution in [-0.4, -0.2) is 14.2 Å². The molecule has 0 aliphatic heterocycles. The molecule has 1 aromatic carbocycles. The first-order valence-electron chi connectivity index (χ1n) is 5.54. The molecule has 0 saturated carbocycles. The van der Waals surface area contributed by atoms with Gasteiger partial charge in [-0.25, -0.2) is 12.8 Å². The van der Waals surface area contributed by atoms with Crippen LogP contribution in [0.3, 0.4) is 0 Å². The van der Waals surface area contributed by atoms with E-state index in [4.69, 9.17) is 5.26 Å². The summed E-state index contributed by atoms with van der Waals surface area (Å²) in [5.41, 5.74) is 0.0887. The van der Waals surface area contributed by atoms with Crippen molar-refractivity contribution < 1.29 is 12.8 Å². The minimum Gasteiger partial charge on any atom is -0.282 e. The summed E-state index contributed by atoms with van der Waals surface area (Å²) in [6.07, 6.45) is 0.526. The summed E-state index contributed by atoms with van der Waals surface area (Å²) >= 11 is 0. The van der Waals surface area contributed by atoms with Crippen molar-refractivity contribution in [3.05, 3.63) is 29.6 Å². The third kappa shape index (κ3) is 4.34. The van der Waals surface area contributed by atoms with Crippen LogP contribution in [0.25, 0.3) is 0 Å². The van der Waals surface area contributed by atoms with Gasteiger partial charge in [-0.05, 0) is 30.5 Å². The third-order valence-corrected chi connectivity index (χ3v) is 3.64. The average molecular weight is 270 g/mol. The standard InChI is InChI=1S/C12H15FN2O2S/c1-9(2)5-6-18(16,17)15-12-4-3-11(13)7-10(12)8-14/h3-4,7,9,15H,5-6H2,1-2H3. The van der Waals surface area contributed by atoms with Crippen LogP contribution in [0.5, 0.6) is 0 Å². The molecular weight excluding hydrogens is 255 g/mol. The first kappa shape index (κ1) is 14.5. The minimum atomic E-state index is -3.50. The molecule has 1 aromatic rings. The molecule has 98 valence electrons. The lowest BCUT2D eigenvalue weighted by Crippen LogP contribution is -2.18. The van der Waals surface area contributed by atoms with Crippen molar-refractivity contribution in [3.8, 4) is 6.07 Å². The van der Waals surface area contributed by atoms with Crippen molar-refractivity contribution in [2.24, 2.45) is 5.92 Å². The molecule has 0 atom stereocenters. The molecule has 0 aromatic heterocycles. The van der Waals surface area contributed by atoms with Gasteiger partial charge in [-0.2, -0.15) is 5.26 Å². The number of rotatable bonds is 5. The Hall–Kier alpha value is -1.61. The molecule has 0 bridgehead atoms. The smallest absolute Gasteiger partial charge is 0.232 e. The number of hydrogen-bond donors (Lipinski definition) is 1. The zero-order chi connectivity index (χ0) is 13.8. The van der Waals surface area contributed by atoms with Crippen molar-refractivity contribution >= 4 is 15.7 Å². The summed E-state index contributed by atoms with van der Waals surface area (Å²) < 4.78 is 38.7. The van der Waals surface area contributed by atoms with Crippen LogP contribution in [-0.2, 0) is 10.0 Å². The molecule has 0 unspecified atom stereocenters. The maximum absolute atomic E-state index is 12.9. The maximum Gasteiger partial charge on any atom is 0.232 e. The van der Waals surface area contributed by atoms with Gasteiger partial charge in [0.2, 0.25) is 10.0 Å². The highest BCUT2D eigenvalue weighted by Crippen LogP contribution is 2.18. The van der Waals surface area contributed by atoms with Gasteiger partial charge in [0.15, 0.2) is 0 Å². The maximum atomic E-state index is 12.9. The van der Waals surface area contributed by atoms with Gasteiger partial charge in [0.25, 0.3) is 0 Å². The van der Waals surface area contributed by atoms with Gasteiger partial charge >= 0.3 is 0 Å². The van der Waals surface area contributed by atoms with E-state index in [0.29, 0.717) is 6.42 Å². The molecule has 0 saturated heterocycles. The van der Waals surface area contributed by atoms with E-state index in [9.17, 15) is 12.8 Å². The molecule has 4 nitrogen and oxygen atoms in total. The van der Waals surface area contributed by atoms with E-state index in [1.165, 1.54) is 6.07 Å². The number of nitrogens with zero attached hydrogens (tertiary/aromatic N) is 1. The average Bonchev–Trinajstić information content (AvgIpc) is 2.29. The first-order chi connectivity index (χ1) is 8.34. The lowest BCUT2D eigenvalue weighted by Gasteiger charge is -2.10. The molecule has 0 radical (unpaired) electrons. The SMILES string of the molecule is CC(C)CCS(=O)(=O)Nc1ccc(F)cc1C#N. The Morgan fingerprint density at radius 3 is 2.67 bits per heavy atom. The largest absolute Gasteiger partial charge is 0.282 e. The molecule has 0 spiro atoms. The van der Waals surface area contributed by atoms with Gasteiger partial charge < -0.3 is 0 Å². The van der Waals surface area contributed by atoms with Crippen LogP contribution in [0.1, 0.15) is 25.8 Å². The van der Waals surface area contributed by atoms with Crippen LogP contribution < -0.4 is 4.72 Å². The molecule has 6 heteroatoms. The first-order valence-corrected chi connectivity index (χ1v) is 7.19. The number of sulfonamides is 1. The Balaban J connectivity index is 2.88. The topological polar surface area (TPSA) is 70.0 Å². The Bertz CT molecular complexity index is 562. The second-order valence-electron chi connectivity index (χ2n) is 4.41. The highest BCUT2D eigenvalue weighted by Gasteiger charge is 2.14. The second kappa shape index (κ2) is 5.83. The fraction of sp³-hybridized carbons (Fsp3) is 0.417. The Morgan fingerprint density at radius 2 is 2.11 bits per heavy atom. The monoisotopic (exact) mass is 270 g/mol. The van der Waals surface area contributed by atoms with Crippen molar-refractivity contribution in [1.29, 1.82) is 5.26 Å². The zero-order valence-corrected chi connectivity index (χ0v) is 11.1. The second-order valence-corrected chi connectivity index (χ2v) is 6.25. The fourth-order valence-electron chi connectivity index (χ4n) is 1.31. The Labute approximate surface area is 106 Å². The van der Waals surface area contributed by atoms with Gasteiger partial charge in [-0.1, -0.05) is 13.8 Å². The zero-order valence-electron chi connectivity index (χ0n) is 10.3. The van der Waals surface area contributed by atoms with E-state index in [1.807, 2.05) is 13.8 Å². The van der Waals surface area contributed by atoms with Crippen LogP contribution in [0, 0.1) is 23.1 Å². The van der Waals surface area contributed by atoms with Crippen LogP contribution in [0.15, 0.2) is 18.2 Å². The van der Waals surface area contributed by atoms with E-state index < -0.39 is 15.8 Å². The van der Waals surface area contributed by atoms with E-state index in [1.54, 1.807) is 6.07 Å². The molecule has 0 aliphatic carbocycles. The number of nitrogens with one attached hydrogen (secondary N) is 1. The van der Waals surface area contributed by atoms with Crippen LogP contribution in [0.2, 0.25) is 0 Å². The number of halogens is 1. The quantitative estimate of drug-likeness (QED) is 0.893. The molecular formula is C12H15FN2O2S. The van der Waals surface area contributed by atoms with Crippen molar-refractivity contribution in [1.82, 2.24) is 0 Å². The van der Waals surface area contributed by atoms with Crippen LogP contribution in [0.4, 0.5) is 10.1 Å². The Kier molecular flexibility index (Phi) is 4.68. The number of hydrogen-bond acceptors (Lipinski definition) is 3. The summed E-state index contributed by atoms with van der Waals surface area (Å²) in [5.74, 6) is -0.325. The predicted octanol–water partition coefficient (Wildman–Crippen LogP) is 2.49. The number of benzene rings is 1. The van der Waals surface area contributed by atoms with E-state index in [2.05, 4.69) is 4.72 Å². The summed E-state index contributed by atoms with van der Waals surface area (Å²) in [5, 5.41) is 8.81. The van der Waals surface area contributed by atoms with Crippen molar-refractivity contribution in [2.75, 3.05) is 10.5 Å². The summed E-state index contributed by atoms with van der Waals surface area (Å²) in [6.45, 7) is 3.85. The summed E-state index contributed by atoms with van der Waals surface area (Å²) in [6, 6.07) is 5.12. The van der Waals surface area contributed by atoms with Gasteiger partial charge in [-0.3, -0.25) is 4.72 Å². The van der Waals surface area contributed by atoms with E-state index >= 15 is 0 Å². The van der Waals surface area contributed by atoms with Gasteiger partial charge in [0.05, 0.1) is 17.0 Å². The molecule has 18 heavy (non-hydrogen) atoms. The van der Waals surface area contributed by atoms with Gasteiger partial charge in [-0.15, -0.1) is 0 Å². The highest BCUT2D eigenvalue weighted by molar-refractivity contribution is 7.92. The minimum absolute atomic E-state index is 0.0209. The van der Waals surface area contributed by atoms with Crippen LogP contribution >= 0.6 is 0 Å². The fourth-order valence-corrected chi connectivity index (χ4v) is 2.70.